The minimum atomic E-state index is -0.563. The largest absolute Gasteiger partial charge is 0.332 e. The topological polar surface area (TPSA) is 96.7 Å². The first-order valence-electron chi connectivity index (χ1n) is 10.5. The number of hydrogen-bond acceptors (Lipinski definition) is 5. The highest BCUT2D eigenvalue weighted by Crippen LogP contribution is 2.18. The molecule has 0 saturated carbocycles. The number of ketones is 1. The van der Waals surface area contributed by atoms with Crippen molar-refractivity contribution in [2.75, 3.05) is 0 Å². The summed E-state index contributed by atoms with van der Waals surface area (Å²) < 4.78 is 5.81. The van der Waals surface area contributed by atoms with Crippen LogP contribution in [-0.2, 0) is 31.4 Å². The smallest absolute Gasteiger partial charge is 0.302 e. The summed E-state index contributed by atoms with van der Waals surface area (Å²) in [6.45, 7) is 5.40. The van der Waals surface area contributed by atoms with Crippen molar-refractivity contribution in [3.05, 3.63) is 74.2 Å². The predicted molar refractivity (Wildman–Crippen MR) is 121 cm³/mol. The molecule has 0 unspecified atom stereocenters. The van der Waals surface area contributed by atoms with Crippen molar-refractivity contribution < 1.29 is 4.79 Å². The van der Waals surface area contributed by atoms with Gasteiger partial charge in [0, 0.05) is 19.3 Å². The van der Waals surface area contributed by atoms with Crippen LogP contribution in [0.2, 0.25) is 0 Å². The van der Waals surface area contributed by atoms with E-state index in [2.05, 4.69) is 22.2 Å². The molecule has 0 aliphatic heterocycles. The number of Topliss-reactive ketones (excluding diaryl/α,β-unsaturated/α-hetero) is 1. The SMILES string of the molecule is CC(=O)Cn1c(=O)c2c(nc(-n3nc(C)cc3C)n2CCCc2ccccc2)n(C)c1=O. The second-order valence-electron chi connectivity index (χ2n) is 8.10. The molecule has 0 aliphatic rings. The summed E-state index contributed by atoms with van der Waals surface area (Å²) in [4.78, 5) is 42.5. The highest BCUT2D eigenvalue weighted by atomic mass is 16.2. The van der Waals surface area contributed by atoms with Crippen LogP contribution in [0.15, 0.2) is 46.0 Å². The molecule has 3 aromatic heterocycles. The van der Waals surface area contributed by atoms with Gasteiger partial charge in [0.1, 0.15) is 5.78 Å². The Morgan fingerprint density at radius 1 is 1.06 bits per heavy atom. The first-order valence-corrected chi connectivity index (χ1v) is 10.5. The van der Waals surface area contributed by atoms with E-state index in [9.17, 15) is 14.4 Å². The normalized spacial score (nSPS) is 11.4. The number of carbonyl (C=O) groups excluding carboxylic acids is 1. The van der Waals surface area contributed by atoms with Crippen molar-refractivity contribution in [2.24, 2.45) is 7.05 Å². The lowest BCUT2D eigenvalue weighted by Gasteiger charge is -2.11. The van der Waals surface area contributed by atoms with Crippen LogP contribution in [0.1, 0.15) is 30.3 Å². The third-order valence-electron chi connectivity index (χ3n) is 5.48. The molecule has 4 aromatic rings. The molecular weight excluding hydrogens is 408 g/mol. The number of nitrogens with zero attached hydrogens (tertiary/aromatic N) is 6. The summed E-state index contributed by atoms with van der Waals surface area (Å²) in [5, 5.41) is 4.54. The van der Waals surface area contributed by atoms with Gasteiger partial charge in [0.15, 0.2) is 11.2 Å². The minimum absolute atomic E-state index is 0.266. The van der Waals surface area contributed by atoms with Crippen LogP contribution in [0, 0.1) is 13.8 Å². The second kappa shape index (κ2) is 8.41. The van der Waals surface area contributed by atoms with Crippen molar-refractivity contribution in [3.8, 4) is 5.95 Å². The van der Waals surface area contributed by atoms with Crippen LogP contribution in [0.3, 0.4) is 0 Å². The number of carbonyl (C=O) groups is 1. The number of aromatic nitrogens is 6. The van der Waals surface area contributed by atoms with E-state index >= 15 is 0 Å². The van der Waals surface area contributed by atoms with Gasteiger partial charge in [0.25, 0.3) is 5.56 Å². The zero-order chi connectivity index (χ0) is 23.0. The molecule has 1 aromatic carbocycles. The van der Waals surface area contributed by atoms with Gasteiger partial charge < -0.3 is 4.57 Å². The molecule has 9 nitrogen and oxygen atoms in total. The fourth-order valence-corrected chi connectivity index (χ4v) is 4.01. The van der Waals surface area contributed by atoms with Crippen LogP contribution in [0.5, 0.6) is 0 Å². The van der Waals surface area contributed by atoms with Gasteiger partial charge in [-0.2, -0.15) is 10.1 Å². The summed E-state index contributed by atoms with van der Waals surface area (Å²) in [6.07, 6.45) is 1.58. The molecule has 0 aliphatic carbocycles. The maximum absolute atomic E-state index is 13.3. The molecule has 3 heterocycles. The van der Waals surface area contributed by atoms with E-state index in [1.165, 1.54) is 17.1 Å². The molecule has 166 valence electrons. The van der Waals surface area contributed by atoms with Crippen molar-refractivity contribution in [1.82, 2.24) is 28.5 Å². The van der Waals surface area contributed by atoms with Crippen LogP contribution >= 0.6 is 0 Å². The van der Waals surface area contributed by atoms with E-state index in [0.717, 1.165) is 28.8 Å². The Morgan fingerprint density at radius 2 is 1.78 bits per heavy atom. The Bertz CT molecular complexity index is 1420. The number of imidazole rings is 1. The van der Waals surface area contributed by atoms with Gasteiger partial charge in [0.05, 0.1) is 12.2 Å². The Balaban J connectivity index is 1.90. The summed E-state index contributed by atoms with van der Waals surface area (Å²) in [5.41, 5.74) is 2.39. The van der Waals surface area contributed by atoms with E-state index < -0.39 is 11.2 Å². The van der Waals surface area contributed by atoms with Crippen LogP contribution in [0.4, 0.5) is 0 Å². The predicted octanol–water partition coefficient (Wildman–Crippen LogP) is 1.92. The third-order valence-corrected chi connectivity index (χ3v) is 5.48. The number of hydrogen-bond donors (Lipinski definition) is 0. The standard InChI is InChI=1S/C23H26N6O3/c1-15-13-16(2)29(25-15)22-24-20-19(21(31)28(14-17(3)30)23(32)26(20)4)27(22)12-8-11-18-9-6-5-7-10-18/h5-7,9-10,13H,8,11-12,14H2,1-4H3. The van der Waals surface area contributed by atoms with Gasteiger partial charge in [0.2, 0.25) is 5.95 Å². The zero-order valence-corrected chi connectivity index (χ0v) is 18.7. The summed E-state index contributed by atoms with van der Waals surface area (Å²) in [5.74, 6) is 0.212. The number of aryl methyl sites for hydroxylation is 5. The summed E-state index contributed by atoms with van der Waals surface area (Å²) in [6, 6.07) is 12.0. The maximum Gasteiger partial charge on any atom is 0.332 e. The molecule has 4 rings (SSSR count). The number of rotatable bonds is 7. The monoisotopic (exact) mass is 434 g/mol. The zero-order valence-electron chi connectivity index (χ0n) is 18.7. The van der Waals surface area contributed by atoms with E-state index in [1.54, 1.807) is 11.7 Å². The van der Waals surface area contributed by atoms with Crippen molar-refractivity contribution >= 4 is 16.9 Å². The molecular formula is C23H26N6O3. The van der Waals surface area contributed by atoms with Gasteiger partial charge in [-0.1, -0.05) is 30.3 Å². The first-order chi connectivity index (χ1) is 15.3. The Labute approximate surface area is 184 Å². The molecule has 0 saturated heterocycles. The van der Waals surface area contributed by atoms with E-state index in [4.69, 9.17) is 0 Å². The molecule has 9 heteroatoms. The number of fused-ring (bicyclic) bond motifs is 1. The van der Waals surface area contributed by atoms with Crippen LogP contribution in [-0.4, -0.2) is 34.2 Å². The fraction of sp³-hybridized carbons (Fsp3) is 0.348. The second-order valence-corrected chi connectivity index (χ2v) is 8.10. The fourth-order valence-electron chi connectivity index (χ4n) is 4.01. The minimum Gasteiger partial charge on any atom is -0.302 e. The van der Waals surface area contributed by atoms with Gasteiger partial charge in [-0.15, -0.1) is 0 Å². The van der Waals surface area contributed by atoms with Gasteiger partial charge in [-0.3, -0.25) is 18.7 Å². The number of benzene rings is 1. The third kappa shape index (κ3) is 3.81. The quantitative estimate of drug-likeness (QED) is 0.443. The lowest BCUT2D eigenvalue weighted by molar-refractivity contribution is -0.117. The maximum atomic E-state index is 13.3. The van der Waals surface area contributed by atoms with Gasteiger partial charge in [-0.05, 0) is 45.2 Å². The molecule has 0 spiro atoms. The Hall–Kier alpha value is -3.75. The lowest BCUT2D eigenvalue weighted by Crippen LogP contribution is -2.41. The van der Waals surface area contributed by atoms with E-state index in [-0.39, 0.29) is 18.0 Å². The molecule has 0 N–H and O–H groups in total. The van der Waals surface area contributed by atoms with Crippen LogP contribution in [0.25, 0.3) is 17.1 Å². The average molecular weight is 435 g/mol. The molecule has 0 radical (unpaired) electrons. The highest BCUT2D eigenvalue weighted by Gasteiger charge is 2.22. The molecule has 32 heavy (non-hydrogen) atoms. The molecule has 0 amide bonds. The van der Waals surface area contributed by atoms with Gasteiger partial charge in [-0.25, -0.2) is 9.48 Å². The highest BCUT2D eigenvalue weighted by molar-refractivity contribution is 5.76. The summed E-state index contributed by atoms with van der Waals surface area (Å²) >= 11 is 0. The van der Waals surface area contributed by atoms with Crippen LogP contribution < -0.4 is 11.2 Å². The molecule has 0 fully saturated rings. The Kier molecular flexibility index (Phi) is 5.65. The van der Waals surface area contributed by atoms with Gasteiger partial charge >= 0.3 is 5.69 Å². The molecule has 0 bridgehead atoms. The van der Waals surface area contributed by atoms with E-state index in [0.29, 0.717) is 18.0 Å². The Morgan fingerprint density at radius 3 is 2.41 bits per heavy atom. The van der Waals surface area contributed by atoms with Crippen molar-refractivity contribution in [2.45, 2.75) is 46.7 Å². The van der Waals surface area contributed by atoms with Crippen molar-refractivity contribution in [3.63, 3.8) is 0 Å². The average Bonchev–Trinajstić information content (AvgIpc) is 3.29. The van der Waals surface area contributed by atoms with Crippen molar-refractivity contribution in [1.29, 1.82) is 0 Å². The first kappa shape index (κ1) is 21.5. The summed E-state index contributed by atoms with van der Waals surface area (Å²) in [7, 11) is 1.56. The van der Waals surface area contributed by atoms with E-state index in [1.807, 2.05) is 42.7 Å². The molecule has 0 atom stereocenters. The lowest BCUT2D eigenvalue weighted by atomic mass is 10.1.